The number of carbonyl (C=O) groups is 3. The molecule has 2 amide bonds. The molecule has 29 heavy (non-hydrogen) atoms. The van der Waals surface area contributed by atoms with Gasteiger partial charge in [-0.05, 0) is 6.92 Å². The topological polar surface area (TPSA) is 110 Å². The van der Waals surface area contributed by atoms with Crippen molar-refractivity contribution >= 4 is 41.3 Å². The van der Waals surface area contributed by atoms with E-state index in [-0.39, 0.29) is 29.3 Å². The normalized spacial score (nSPS) is 26.3. The van der Waals surface area contributed by atoms with Crippen LogP contribution in [0.2, 0.25) is 0 Å². The Morgan fingerprint density at radius 2 is 2.21 bits per heavy atom. The molecule has 9 nitrogen and oxygen atoms in total. The lowest BCUT2D eigenvalue weighted by molar-refractivity contribution is -0.684. The average molecular weight is 439 g/mol. The van der Waals surface area contributed by atoms with Crippen LogP contribution >= 0.6 is 23.5 Å². The number of aliphatic hydroxyl groups excluding tert-OH is 1. The first-order valence-electron chi connectivity index (χ1n) is 9.28. The molecule has 0 unspecified atom stereocenters. The quantitative estimate of drug-likeness (QED) is 0.442. The molecule has 1 fully saturated rings. The molecule has 1 aromatic heterocycles. The van der Waals surface area contributed by atoms with Gasteiger partial charge in [0, 0.05) is 20.5 Å². The van der Waals surface area contributed by atoms with Gasteiger partial charge in [0.05, 0.1) is 39.7 Å². The van der Waals surface area contributed by atoms with Crippen LogP contribution in [-0.2, 0) is 27.5 Å². The number of imidazole rings is 1. The minimum Gasteiger partial charge on any atom is -0.543 e. The van der Waals surface area contributed by atoms with Gasteiger partial charge in [0.25, 0.3) is 5.91 Å². The highest BCUT2D eigenvalue weighted by Gasteiger charge is 2.56. The van der Waals surface area contributed by atoms with Crippen LogP contribution in [-0.4, -0.2) is 62.8 Å². The number of β-lactam (4-membered cyclic amide) rings is 1. The van der Waals surface area contributed by atoms with E-state index in [1.165, 1.54) is 33.3 Å². The third-order valence-corrected chi connectivity index (χ3v) is 8.30. The summed E-state index contributed by atoms with van der Waals surface area (Å²) in [6.45, 7) is 2.56. The largest absolute Gasteiger partial charge is 0.543 e. The van der Waals surface area contributed by atoms with Crippen molar-refractivity contribution in [2.45, 2.75) is 43.2 Å². The Balaban J connectivity index is 1.54. The zero-order valence-electron chi connectivity index (χ0n) is 16.3. The first kappa shape index (κ1) is 20.3. The number of amides is 2. The Morgan fingerprint density at radius 3 is 2.83 bits per heavy atom. The van der Waals surface area contributed by atoms with Crippen LogP contribution in [0.15, 0.2) is 22.5 Å². The van der Waals surface area contributed by atoms with Crippen molar-refractivity contribution in [1.82, 2.24) is 14.4 Å². The summed E-state index contributed by atoms with van der Waals surface area (Å²) in [6.07, 6.45) is 3.81. The van der Waals surface area contributed by atoms with E-state index in [1.54, 1.807) is 21.0 Å². The van der Waals surface area contributed by atoms with Crippen LogP contribution in [0.25, 0.3) is 0 Å². The van der Waals surface area contributed by atoms with Gasteiger partial charge >= 0.3 is 0 Å². The molecule has 0 aliphatic carbocycles. The molecule has 4 atom stereocenters. The van der Waals surface area contributed by atoms with Crippen LogP contribution < -0.4 is 9.67 Å². The summed E-state index contributed by atoms with van der Waals surface area (Å²) in [6, 6.07) is 0. The molecule has 156 valence electrons. The number of rotatable bonds is 6. The van der Waals surface area contributed by atoms with Gasteiger partial charge in [0.1, 0.15) is 11.6 Å². The Labute approximate surface area is 176 Å². The van der Waals surface area contributed by atoms with Crippen molar-refractivity contribution in [1.29, 1.82) is 0 Å². The molecule has 4 rings (SSSR count). The third-order valence-electron chi connectivity index (χ3n) is 5.40. The second-order valence-electron chi connectivity index (χ2n) is 7.63. The Bertz CT molecular complexity index is 925. The number of aliphatic hydroxyl groups is 1. The number of likely N-dealkylation sites (N-methyl/N-ethyl adjacent to an activating group) is 1. The van der Waals surface area contributed by atoms with Crippen molar-refractivity contribution in [2.24, 2.45) is 5.92 Å². The minimum atomic E-state index is -1.38. The molecule has 1 saturated heterocycles. The lowest BCUT2D eigenvalue weighted by Crippen LogP contribution is -2.61. The number of carboxylic acid groups (broad SMARTS) is 1. The summed E-state index contributed by atoms with van der Waals surface area (Å²) < 4.78 is 4.44. The van der Waals surface area contributed by atoms with E-state index in [4.69, 9.17) is 0 Å². The standard InChI is InChI=1S/C18H22N4O5S2/c1-9(23)13-15(25)22-14(17(26)27)18(29-16(13)22)28-11-4-5-21-8-20(6-10(11)21)7-12(24)19(2)3/h6,8-9,11,13,16,23H,4-5,7H2,1-3H3/t9-,11+,13+,16-/m1/s1. The lowest BCUT2D eigenvalue weighted by atomic mass is 9.92. The number of aryl methyl sites for hydroxylation is 1. The highest BCUT2D eigenvalue weighted by Crippen LogP contribution is 2.57. The van der Waals surface area contributed by atoms with Gasteiger partial charge in [-0.3, -0.25) is 14.5 Å². The minimum absolute atomic E-state index is 0.0103. The fraction of sp³-hybridized carbons (Fsp3) is 0.556. The van der Waals surface area contributed by atoms with Gasteiger partial charge < -0.3 is 19.9 Å². The van der Waals surface area contributed by atoms with Crippen molar-refractivity contribution in [3.8, 4) is 0 Å². The molecule has 0 radical (unpaired) electrons. The second kappa shape index (κ2) is 7.37. The molecule has 0 spiro atoms. The number of aromatic nitrogens is 2. The zero-order chi connectivity index (χ0) is 21.0. The second-order valence-corrected chi connectivity index (χ2v) is 10.2. The molecule has 3 aliphatic rings. The van der Waals surface area contributed by atoms with Gasteiger partial charge in [-0.1, -0.05) is 11.8 Å². The van der Waals surface area contributed by atoms with E-state index >= 15 is 0 Å². The number of nitrogens with zero attached hydrogens (tertiary/aromatic N) is 4. The maximum Gasteiger partial charge on any atom is 0.264 e. The predicted octanol–water partition coefficient (Wildman–Crippen LogP) is -1.13. The number of hydrogen-bond acceptors (Lipinski definition) is 7. The summed E-state index contributed by atoms with van der Waals surface area (Å²) in [5, 5.41) is 21.2. The summed E-state index contributed by atoms with van der Waals surface area (Å²) in [5.41, 5.74) is 0.924. The number of carbonyl (C=O) groups excluding carboxylic acids is 3. The van der Waals surface area contributed by atoms with E-state index in [0.717, 1.165) is 18.7 Å². The van der Waals surface area contributed by atoms with E-state index in [0.29, 0.717) is 4.24 Å². The summed E-state index contributed by atoms with van der Waals surface area (Å²) in [5.74, 6) is -2.36. The summed E-state index contributed by atoms with van der Waals surface area (Å²) >= 11 is 2.72. The maximum absolute atomic E-state index is 12.3. The predicted molar refractivity (Wildman–Crippen MR) is 104 cm³/mol. The van der Waals surface area contributed by atoms with Crippen molar-refractivity contribution in [3.63, 3.8) is 0 Å². The number of carboxylic acids is 1. The van der Waals surface area contributed by atoms with Gasteiger partial charge in [0.15, 0.2) is 12.2 Å². The SMILES string of the molecule is C[C@@H](O)[C@H]1C(=O)N2C(C(=O)[O-])=C(S[C@H]3CCn4c[n+](CC(=O)N(C)C)cc43)S[C@H]12. The number of hydrogen-bond donors (Lipinski definition) is 1. The fourth-order valence-electron chi connectivity index (χ4n) is 3.84. The Morgan fingerprint density at radius 1 is 1.48 bits per heavy atom. The molecule has 4 heterocycles. The summed E-state index contributed by atoms with van der Waals surface area (Å²) in [7, 11) is 3.42. The number of aliphatic carboxylic acids is 1. The molecule has 0 aromatic carbocycles. The van der Waals surface area contributed by atoms with Crippen molar-refractivity contribution in [2.75, 3.05) is 14.1 Å². The highest BCUT2D eigenvalue weighted by atomic mass is 32.2. The van der Waals surface area contributed by atoms with Gasteiger partial charge in [-0.15, -0.1) is 11.8 Å². The molecular weight excluding hydrogens is 416 g/mol. The van der Waals surface area contributed by atoms with E-state index < -0.39 is 23.4 Å². The summed E-state index contributed by atoms with van der Waals surface area (Å²) in [4.78, 5) is 38.8. The average Bonchev–Trinajstić information content (AvgIpc) is 3.27. The van der Waals surface area contributed by atoms with E-state index in [9.17, 15) is 24.6 Å². The molecule has 1 aromatic rings. The van der Waals surface area contributed by atoms with Gasteiger partial charge in [-0.25, -0.2) is 9.13 Å². The number of fused-ring (bicyclic) bond motifs is 2. The molecule has 0 bridgehead atoms. The van der Waals surface area contributed by atoms with Crippen LogP contribution in [0.1, 0.15) is 24.3 Å². The monoisotopic (exact) mass is 438 g/mol. The first-order chi connectivity index (χ1) is 13.7. The lowest BCUT2D eigenvalue weighted by Gasteiger charge is -2.44. The van der Waals surface area contributed by atoms with Crippen LogP contribution in [0, 0.1) is 5.92 Å². The Hall–Kier alpha value is -1.98. The molecule has 0 saturated carbocycles. The van der Waals surface area contributed by atoms with Gasteiger partial charge in [-0.2, -0.15) is 0 Å². The van der Waals surface area contributed by atoms with Crippen LogP contribution in [0.5, 0.6) is 0 Å². The van der Waals surface area contributed by atoms with Gasteiger partial charge in [0.2, 0.25) is 12.2 Å². The zero-order valence-corrected chi connectivity index (χ0v) is 17.9. The number of thioether (sulfide) groups is 2. The molecular formula is C18H22N4O5S2. The maximum atomic E-state index is 12.3. The highest BCUT2D eigenvalue weighted by molar-refractivity contribution is 8.22. The third kappa shape index (κ3) is 3.34. The van der Waals surface area contributed by atoms with Crippen LogP contribution in [0.3, 0.4) is 0 Å². The van der Waals surface area contributed by atoms with Crippen molar-refractivity contribution < 1.29 is 29.2 Å². The molecule has 11 heteroatoms. The first-order valence-corrected chi connectivity index (χ1v) is 11.0. The molecule has 3 aliphatic heterocycles. The smallest absolute Gasteiger partial charge is 0.264 e. The van der Waals surface area contributed by atoms with Crippen molar-refractivity contribution in [3.05, 3.63) is 28.2 Å². The van der Waals surface area contributed by atoms with Crippen LogP contribution in [0.4, 0.5) is 0 Å². The Kier molecular flexibility index (Phi) is 5.16. The van der Waals surface area contributed by atoms with E-state index in [1.807, 2.05) is 17.1 Å². The van der Waals surface area contributed by atoms with E-state index in [2.05, 4.69) is 4.57 Å². The molecule has 1 N–H and O–H groups in total. The fourth-order valence-corrected chi connectivity index (χ4v) is 7.11.